The van der Waals surface area contributed by atoms with Crippen molar-refractivity contribution in [2.45, 2.75) is 45.6 Å². The first-order valence-corrected chi connectivity index (χ1v) is 8.92. The van der Waals surface area contributed by atoms with Gasteiger partial charge in [-0.2, -0.15) is 0 Å². The summed E-state index contributed by atoms with van der Waals surface area (Å²) < 4.78 is 5.48. The van der Waals surface area contributed by atoms with Crippen LogP contribution in [0.2, 0.25) is 0 Å². The average molecular weight is 370 g/mol. The second kappa shape index (κ2) is 8.72. The standard InChI is InChI=1S/C18H27N3O3.ClH/c1-12-9-15(13(2)24-12)18(23)21-8-4-5-14(11-21)10-20-17(22)16-6-3-7-19-16;/h9,14,16,19H,3-8,10-11H2,1-2H3,(H,20,22);1H. The van der Waals surface area contributed by atoms with Gasteiger partial charge in [-0.05, 0) is 58.1 Å². The molecule has 6 nitrogen and oxygen atoms in total. The molecule has 2 N–H and O–H groups in total. The van der Waals surface area contributed by atoms with Gasteiger partial charge in [-0.1, -0.05) is 0 Å². The highest BCUT2D eigenvalue weighted by Gasteiger charge is 2.28. The van der Waals surface area contributed by atoms with Crippen LogP contribution in [0.1, 0.15) is 47.6 Å². The van der Waals surface area contributed by atoms with Gasteiger partial charge >= 0.3 is 0 Å². The minimum Gasteiger partial charge on any atom is -0.466 e. The number of aryl methyl sites for hydroxylation is 2. The molecule has 1 aromatic rings. The van der Waals surface area contributed by atoms with Crippen LogP contribution in [0, 0.1) is 19.8 Å². The number of hydrogen-bond donors (Lipinski definition) is 2. The molecule has 7 heteroatoms. The maximum atomic E-state index is 12.7. The van der Waals surface area contributed by atoms with Gasteiger partial charge in [0.1, 0.15) is 11.5 Å². The first kappa shape index (κ1) is 19.8. The van der Waals surface area contributed by atoms with Crippen molar-refractivity contribution < 1.29 is 14.0 Å². The highest BCUT2D eigenvalue weighted by Crippen LogP contribution is 2.21. The molecule has 0 aromatic carbocycles. The summed E-state index contributed by atoms with van der Waals surface area (Å²) in [6.07, 6.45) is 4.00. The minimum atomic E-state index is -0.0390. The molecule has 3 heterocycles. The number of hydrogen-bond acceptors (Lipinski definition) is 4. The zero-order valence-electron chi connectivity index (χ0n) is 15.0. The number of halogens is 1. The Hall–Kier alpha value is -1.53. The minimum absolute atomic E-state index is 0. The van der Waals surface area contributed by atoms with Crippen LogP contribution in [0.4, 0.5) is 0 Å². The molecular formula is C18H28ClN3O3. The van der Waals surface area contributed by atoms with E-state index in [9.17, 15) is 9.59 Å². The van der Waals surface area contributed by atoms with Gasteiger partial charge in [0.2, 0.25) is 5.91 Å². The van der Waals surface area contributed by atoms with Gasteiger partial charge in [0, 0.05) is 19.6 Å². The Morgan fingerprint density at radius 2 is 2.12 bits per heavy atom. The number of carbonyl (C=O) groups excluding carboxylic acids is 2. The maximum absolute atomic E-state index is 12.7. The number of likely N-dealkylation sites (tertiary alicyclic amines) is 1. The lowest BCUT2D eigenvalue weighted by molar-refractivity contribution is -0.123. The summed E-state index contributed by atoms with van der Waals surface area (Å²) in [5.41, 5.74) is 0.660. The zero-order valence-corrected chi connectivity index (χ0v) is 15.8. The van der Waals surface area contributed by atoms with Crippen molar-refractivity contribution in [3.63, 3.8) is 0 Å². The van der Waals surface area contributed by atoms with Crippen LogP contribution in [0.3, 0.4) is 0 Å². The lowest BCUT2D eigenvalue weighted by atomic mass is 9.97. The number of carbonyl (C=O) groups is 2. The largest absolute Gasteiger partial charge is 0.466 e. The molecule has 25 heavy (non-hydrogen) atoms. The zero-order chi connectivity index (χ0) is 17.1. The van der Waals surface area contributed by atoms with Gasteiger partial charge in [0.05, 0.1) is 11.6 Å². The third-order valence-electron chi connectivity index (χ3n) is 5.02. The Morgan fingerprint density at radius 3 is 2.76 bits per heavy atom. The van der Waals surface area contributed by atoms with Crippen molar-refractivity contribution in [1.29, 1.82) is 0 Å². The van der Waals surface area contributed by atoms with Crippen molar-refractivity contribution in [2.24, 2.45) is 5.92 Å². The Bertz CT molecular complexity index is 611. The number of piperidine rings is 1. The van der Waals surface area contributed by atoms with E-state index in [1.807, 2.05) is 24.8 Å². The normalized spacial score (nSPS) is 23.2. The highest BCUT2D eigenvalue weighted by molar-refractivity contribution is 5.95. The number of nitrogens with one attached hydrogen (secondary N) is 2. The van der Waals surface area contributed by atoms with E-state index in [0.29, 0.717) is 30.3 Å². The molecule has 2 aliphatic heterocycles. The van der Waals surface area contributed by atoms with Crippen LogP contribution in [0.5, 0.6) is 0 Å². The molecular weight excluding hydrogens is 342 g/mol. The van der Waals surface area contributed by atoms with E-state index in [1.165, 1.54) is 0 Å². The molecule has 2 unspecified atom stereocenters. The molecule has 0 spiro atoms. The summed E-state index contributed by atoms with van der Waals surface area (Å²) in [5, 5.41) is 6.27. The molecule has 3 rings (SSSR count). The third kappa shape index (κ3) is 4.76. The third-order valence-corrected chi connectivity index (χ3v) is 5.02. The lowest BCUT2D eigenvalue weighted by Crippen LogP contribution is -2.46. The summed E-state index contributed by atoms with van der Waals surface area (Å²) >= 11 is 0. The van der Waals surface area contributed by atoms with Crippen LogP contribution in [0.25, 0.3) is 0 Å². The van der Waals surface area contributed by atoms with Gasteiger partial charge in [0.15, 0.2) is 0 Å². The number of furan rings is 1. The predicted molar refractivity (Wildman–Crippen MR) is 98.1 cm³/mol. The Labute approximate surface area is 155 Å². The molecule has 2 saturated heterocycles. The summed E-state index contributed by atoms with van der Waals surface area (Å²) in [6, 6.07) is 1.78. The summed E-state index contributed by atoms with van der Waals surface area (Å²) in [5.74, 6) is 1.90. The molecule has 2 amide bonds. The Morgan fingerprint density at radius 1 is 1.32 bits per heavy atom. The van der Waals surface area contributed by atoms with E-state index in [1.54, 1.807) is 0 Å². The number of amides is 2. The van der Waals surface area contributed by atoms with Crippen LogP contribution in [-0.4, -0.2) is 48.9 Å². The quantitative estimate of drug-likeness (QED) is 0.851. The molecule has 0 aliphatic carbocycles. The second-order valence-electron chi connectivity index (χ2n) is 6.98. The van der Waals surface area contributed by atoms with E-state index in [2.05, 4.69) is 10.6 Å². The van der Waals surface area contributed by atoms with Crippen LogP contribution >= 0.6 is 12.4 Å². The van der Waals surface area contributed by atoms with Crippen molar-refractivity contribution in [3.05, 3.63) is 23.2 Å². The van der Waals surface area contributed by atoms with E-state index in [0.717, 1.165) is 44.5 Å². The topological polar surface area (TPSA) is 74.6 Å². The van der Waals surface area contributed by atoms with E-state index in [-0.39, 0.29) is 30.3 Å². The molecule has 2 atom stereocenters. The summed E-state index contributed by atoms with van der Waals surface area (Å²) in [4.78, 5) is 26.7. The fraction of sp³-hybridized carbons (Fsp3) is 0.667. The van der Waals surface area contributed by atoms with Gasteiger partial charge in [-0.15, -0.1) is 12.4 Å². The van der Waals surface area contributed by atoms with Crippen molar-refractivity contribution >= 4 is 24.2 Å². The first-order valence-electron chi connectivity index (χ1n) is 8.92. The van der Waals surface area contributed by atoms with Gasteiger partial charge in [0.25, 0.3) is 5.91 Å². The molecule has 0 radical (unpaired) electrons. The van der Waals surface area contributed by atoms with Crippen LogP contribution in [0.15, 0.2) is 10.5 Å². The summed E-state index contributed by atoms with van der Waals surface area (Å²) in [6.45, 7) is 6.72. The van der Waals surface area contributed by atoms with Crippen molar-refractivity contribution in [2.75, 3.05) is 26.2 Å². The number of nitrogens with zero attached hydrogens (tertiary/aromatic N) is 1. The number of rotatable bonds is 4. The van der Waals surface area contributed by atoms with Crippen LogP contribution < -0.4 is 10.6 Å². The van der Waals surface area contributed by atoms with Crippen molar-refractivity contribution in [1.82, 2.24) is 15.5 Å². The molecule has 2 fully saturated rings. The average Bonchev–Trinajstić information content (AvgIpc) is 3.22. The van der Waals surface area contributed by atoms with Crippen molar-refractivity contribution in [3.8, 4) is 0 Å². The fourth-order valence-electron chi connectivity index (χ4n) is 3.71. The molecule has 0 saturated carbocycles. The summed E-state index contributed by atoms with van der Waals surface area (Å²) in [7, 11) is 0. The predicted octanol–water partition coefficient (Wildman–Crippen LogP) is 2.04. The second-order valence-corrected chi connectivity index (χ2v) is 6.98. The SMILES string of the molecule is Cc1cc(C(=O)N2CCCC(CNC(=O)C3CCCN3)C2)c(C)o1.Cl. The van der Waals surface area contributed by atoms with Gasteiger partial charge in [-0.3, -0.25) is 9.59 Å². The molecule has 140 valence electrons. The highest BCUT2D eigenvalue weighted by atomic mass is 35.5. The van der Waals surface area contributed by atoms with Gasteiger partial charge < -0.3 is 20.0 Å². The lowest BCUT2D eigenvalue weighted by Gasteiger charge is -2.33. The smallest absolute Gasteiger partial charge is 0.257 e. The fourth-order valence-corrected chi connectivity index (χ4v) is 3.71. The molecule has 2 aliphatic rings. The van der Waals surface area contributed by atoms with E-state index in [4.69, 9.17) is 4.42 Å². The first-order chi connectivity index (χ1) is 11.5. The molecule has 1 aromatic heterocycles. The van der Waals surface area contributed by atoms with E-state index < -0.39 is 0 Å². The van der Waals surface area contributed by atoms with Crippen LogP contribution in [-0.2, 0) is 4.79 Å². The monoisotopic (exact) mass is 369 g/mol. The molecule has 0 bridgehead atoms. The van der Waals surface area contributed by atoms with Gasteiger partial charge in [-0.25, -0.2) is 0 Å². The Balaban J connectivity index is 0.00000225. The Kier molecular flexibility index (Phi) is 6.90. The maximum Gasteiger partial charge on any atom is 0.257 e. The van der Waals surface area contributed by atoms with E-state index >= 15 is 0 Å².